The minimum absolute atomic E-state index is 0.373. The summed E-state index contributed by atoms with van der Waals surface area (Å²) >= 11 is 12.0. The lowest BCUT2D eigenvalue weighted by Crippen LogP contribution is -2.08. The molecule has 0 amide bonds. The van der Waals surface area contributed by atoms with E-state index in [0.29, 0.717) is 27.5 Å². The topological polar surface area (TPSA) is 62.7 Å². The highest BCUT2D eigenvalue weighted by atomic mass is 35.5. The molecule has 5 nitrogen and oxygen atoms in total. The highest BCUT2D eigenvalue weighted by molar-refractivity contribution is 6.35. The predicted molar refractivity (Wildman–Crippen MR) is 98.2 cm³/mol. The molecule has 0 aliphatic heterocycles. The molecule has 2 N–H and O–H groups in total. The lowest BCUT2D eigenvalue weighted by Gasteiger charge is -2.08. The first-order valence-corrected chi connectivity index (χ1v) is 8.15. The number of benzene rings is 2. The number of aromatic nitrogens is 3. The SMILES string of the molecule is Clc1cc(Cl)cc(Nc2nncc(NCCc3ccccc3)n2)c1. The van der Waals surface area contributed by atoms with Crippen LogP contribution in [0.4, 0.5) is 17.5 Å². The Kier molecular flexibility index (Phi) is 5.46. The molecule has 0 atom stereocenters. The average Bonchev–Trinajstić information content (AvgIpc) is 2.55. The summed E-state index contributed by atoms with van der Waals surface area (Å²) in [5.41, 5.74) is 1.97. The van der Waals surface area contributed by atoms with Gasteiger partial charge in [-0.25, -0.2) is 0 Å². The van der Waals surface area contributed by atoms with Crippen molar-refractivity contribution in [2.75, 3.05) is 17.2 Å². The smallest absolute Gasteiger partial charge is 0.249 e. The van der Waals surface area contributed by atoms with Crippen molar-refractivity contribution in [1.29, 1.82) is 0 Å². The molecular weight excluding hydrogens is 345 g/mol. The van der Waals surface area contributed by atoms with E-state index in [9.17, 15) is 0 Å². The monoisotopic (exact) mass is 359 g/mol. The molecule has 0 saturated heterocycles. The van der Waals surface area contributed by atoms with Crippen LogP contribution in [0.15, 0.2) is 54.7 Å². The zero-order valence-corrected chi connectivity index (χ0v) is 14.2. The van der Waals surface area contributed by atoms with Gasteiger partial charge in [0.25, 0.3) is 0 Å². The first-order chi connectivity index (χ1) is 11.7. The molecule has 0 unspecified atom stereocenters. The van der Waals surface area contributed by atoms with Crippen molar-refractivity contribution in [3.05, 3.63) is 70.3 Å². The molecule has 3 aromatic rings. The summed E-state index contributed by atoms with van der Waals surface area (Å²) in [6.07, 6.45) is 2.48. The molecular formula is C17H15Cl2N5. The zero-order valence-electron chi connectivity index (χ0n) is 12.7. The fourth-order valence-corrected chi connectivity index (χ4v) is 2.70. The molecule has 0 spiro atoms. The van der Waals surface area contributed by atoms with Crippen molar-refractivity contribution >= 4 is 40.7 Å². The van der Waals surface area contributed by atoms with Crippen LogP contribution in [0.5, 0.6) is 0 Å². The third kappa shape index (κ3) is 4.81. The van der Waals surface area contributed by atoms with Crippen molar-refractivity contribution in [3.63, 3.8) is 0 Å². The van der Waals surface area contributed by atoms with Gasteiger partial charge in [-0.2, -0.15) is 10.1 Å². The van der Waals surface area contributed by atoms with Gasteiger partial charge < -0.3 is 10.6 Å². The van der Waals surface area contributed by atoms with Crippen LogP contribution in [-0.2, 0) is 6.42 Å². The Morgan fingerprint density at radius 1 is 0.958 bits per heavy atom. The normalized spacial score (nSPS) is 10.4. The second-order valence-corrected chi connectivity index (χ2v) is 5.98. The maximum atomic E-state index is 5.98. The van der Waals surface area contributed by atoms with Crippen LogP contribution in [0.3, 0.4) is 0 Å². The van der Waals surface area contributed by atoms with Crippen LogP contribution in [0.25, 0.3) is 0 Å². The number of nitrogens with one attached hydrogen (secondary N) is 2. The van der Waals surface area contributed by atoms with Gasteiger partial charge in [-0.05, 0) is 30.2 Å². The molecule has 24 heavy (non-hydrogen) atoms. The number of hydrogen-bond donors (Lipinski definition) is 2. The zero-order chi connectivity index (χ0) is 16.8. The molecule has 1 heterocycles. The molecule has 3 rings (SSSR count). The van der Waals surface area contributed by atoms with Gasteiger partial charge in [-0.1, -0.05) is 53.5 Å². The Morgan fingerprint density at radius 3 is 2.46 bits per heavy atom. The highest BCUT2D eigenvalue weighted by Gasteiger charge is 2.03. The van der Waals surface area contributed by atoms with E-state index in [1.165, 1.54) is 5.56 Å². The van der Waals surface area contributed by atoms with Crippen molar-refractivity contribution in [1.82, 2.24) is 15.2 Å². The van der Waals surface area contributed by atoms with Crippen LogP contribution >= 0.6 is 23.2 Å². The summed E-state index contributed by atoms with van der Waals surface area (Å²) in [4.78, 5) is 4.38. The molecule has 0 radical (unpaired) electrons. The van der Waals surface area contributed by atoms with E-state index in [4.69, 9.17) is 23.2 Å². The summed E-state index contributed by atoms with van der Waals surface area (Å²) in [5, 5.41) is 15.3. The Balaban J connectivity index is 1.61. The van der Waals surface area contributed by atoms with Gasteiger partial charge in [0.15, 0.2) is 5.82 Å². The molecule has 0 aliphatic rings. The van der Waals surface area contributed by atoms with Gasteiger partial charge in [0.1, 0.15) is 0 Å². The number of hydrogen-bond acceptors (Lipinski definition) is 5. The largest absolute Gasteiger partial charge is 0.368 e. The van der Waals surface area contributed by atoms with E-state index in [-0.39, 0.29) is 0 Å². The Bertz CT molecular complexity index is 791. The summed E-state index contributed by atoms with van der Waals surface area (Å²) in [5.74, 6) is 1.02. The van der Waals surface area contributed by atoms with E-state index in [1.54, 1.807) is 24.4 Å². The third-order valence-corrected chi connectivity index (χ3v) is 3.68. The van der Waals surface area contributed by atoms with E-state index < -0.39 is 0 Å². The van der Waals surface area contributed by atoms with Crippen molar-refractivity contribution < 1.29 is 0 Å². The molecule has 0 bridgehead atoms. The van der Waals surface area contributed by atoms with Crippen LogP contribution in [0.1, 0.15) is 5.56 Å². The van der Waals surface area contributed by atoms with Gasteiger partial charge in [-0.3, -0.25) is 0 Å². The Morgan fingerprint density at radius 2 is 1.71 bits per heavy atom. The summed E-state index contributed by atoms with van der Waals surface area (Å²) < 4.78 is 0. The molecule has 0 saturated carbocycles. The number of halogens is 2. The maximum Gasteiger partial charge on any atom is 0.249 e. The summed E-state index contributed by atoms with van der Waals surface area (Å²) in [7, 11) is 0. The minimum Gasteiger partial charge on any atom is -0.368 e. The van der Waals surface area contributed by atoms with E-state index in [1.807, 2.05) is 18.2 Å². The van der Waals surface area contributed by atoms with Crippen molar-refractivity contribution in [3.8, 4) is 0 Å². The first kappa shape index (κ1) is 16.5. The van der Waals surface area contributed by atoms with Crippen molar-refractivity contribution in [2.24, 2.45) is 0 Å². The first-order valence-electron chi connectivity index (χ1n) is 7.40. The number of anilines is 3. The standard InChI is InChI=1S/C17H15Cl2N5/c18-13-8-14(19)10-15(9-13)22-17-23-16(11-21-24-17)20-7-6-12-4-2-1-3-5-12/h1-5,8-11H,6-7H2,(H2,20,22,23,24). The molecule has 7 heteroatoms. The highest BCUT2D eigenvalue weighted by Crippen LogP contribution is 2.24. The van der Waals surface area contributed by atoms with Crippen LogP contribution < -0.4 is 10.6 Å². The quantitative estimate of drug-likeness (QED) is 0.674. The van der Waals surface area contributed by atoms with Gasteiger partial charge in [-0.15, -0.1) is 5.10 Å². The lowest BCUT2D eigenvalue weighted by molar-refractivity contribution is 0.950. The molecule has 0 fully saturated rings. The van der Waals surface area contributed by atoms with Gasteiger partial charge >= 0.3 is 0 Å². The van der Waals surface area contributed by atoms with E-state index in [2.05, 4.69) is 37.9 Å². The number of rotatable bonds is 6. The Hall–Kier alpha value is -2.37. The fraction of sp³-hybridized carbons (Fsp3) is 0.118. The van der Waals surface area contributed by atoms with Gasteiger partial charge in [0, 0.05) is 22.3 Å². The second kappa shape index (κ2) is 7.95. The minimum atomic E-state index is 0.373. The average molecular weight is 360 g/mol. The fourth-order valence-electron chi connectivity index (χ4n) is 2.18. The van der Waals surface area contributed by atoms with Gasteiger partial charge in [0.2, 0.25) is 5.95 Å². The predicted octanol–water partition coefficient (Wildman–Crippen LogP) is 4.58. The third-order valence-electron chi connectivity index (χ3n) is 3.24. The maximum absolute atomic E-state index is 5.98. The van der Waals surface area contributed by atoms with E-state index >= 15 is 0 Å². The number of nitrogens with zero attached hydrogens (tertiary/aromatic N) is 3. The molecule has 122 valence electrons. The summed E-state index contributed by atoms with van der Waals surface area (Å²) in [6.45, 7) is 0.755. The summed E-state index contributed by atoms with van der Waals surface area (Å²) in [6, 6.07) is 15.4. The van der Waals surface area contributed by atoms with E-state index in [0.717, 1.165) is 13.0 Å². The molecule has 0 aliphatic carbocycles. The van der Waals surface area contributed by atoms with Crippen LogP contribution in [0.2, 0.25) is 10.0 Å². The molecule has 1 aromatic heterocycles. The van der Waals surface area contributed by atoms with Crippen LogP contribution in [-0.4, -0.2) is 21.7 Å². The molecule has 2 aromatic carbocycles. The van der Waals surface area contributed by atoms with Crippen molar-refractivity contribution in [2.45, 2.75) is 6.42 Å². The van der Waals surface area contributed by atoms with Gasteiger partial charge in [0.05, 0.1) is 6.20 Å². The van der Waals surface area contributed by atoms with Crippen LogP contribution in [0, 0.1) is 0 Å². The Labute approximate surface area is 150 Å². The lowest BCUT2D eigenvalue weighted by atomic mass is 10.1. The second-order valence-electron chi connectivity index (χ2n) is 5.11.